The number of likely N-dealkylation sites (N-methyl/N-ethyl adjacent to an activating group) is 1. The molecule has 0 spiro atoms. The van der Waals surface area contributed by atoms with Crippen molar-refractivity contribution in [1.29, 1.82) is 0 Å². The number of hydrogen-bond acceptors (Lipinski definition) is 1. The van der Waals surface area contributed by atoms with Gasteiger partial charge in [0.25, 0.3) is 0 Å². The van der Waals surface area contributed by atoms with Crippen LogP contribution in [-0.2, 0) is 19.3 Å². The summed E-state index contributed by atoms with van der Waals surface area (Å²) >= 11 is 6.16. The van der Waals surface area contributed by atoms with Crippen LogP contribution in [0, 0.1) is 11.7 Å². The highest BCUT2D eigenvalue weighted by Crippen LogP contribution is 2.30. The van der Waals surface area contributed by atoms with Gasteiger partial charge in [0.1, 0.15) is 5.82 Å². The molecule has 1 nitrogen and oxygen atoms in total. The Bertz CT molecular complexity index is 616. The zero-order valence-electron chi connectivity index (χ0n) is 12.1. The Kier molecular flexibility index (Phi) is 4.27. The Morgan fingerprint density at radius 2 is 1.86 bits per heavy atom. The summed E-state index contributed by atoms with van der Waals surface area (Å²) in [6.45, 7) is 0. The summed E-state index contributed by atoms with van der Waals surface area (Å²) in [5.41, 5.74) is 3.91. The third-order valence-corrected chi connectivity index (χ3v) is 4.83. The van der Waals surface area contributed by atoms with Crippen LogP contribution in [0.5, 0.6) is 0 Å². The normalized spacial score (nSPS) is 16.0. The lowest BCUT2D eigenvalue weighted by molar-refractivity contribution is 0.383. The van der Waals surface area contributed by atoms with E-state index in [2.05, 4.69) is 29.6 Å². The second-order valence-electron chi connectivity index (χ2n) is 5.77. The minimum Gasteiger partial charge on any atom is -0.316 e. The molecule has 2 aromatic carbocycles. The minimum atomic E-state index is -0.280. The summed E-state index contributed by atoms with van der Waals surface area (Å²) in [7, 11) is 1.99. The number of fused-ring (bicyclic) bond motifs is 1. The zero-order chi connectivity index (χ0) is 14.8. The van der Waals surface area contributed by atoms with E-state index < -0.39 is 0 Å². The fourth-order valence-corrected chi connectivity index (χ4v) is 3.55. The van der Waals surface area contributed by atoms with Crippen LogP contribution in [0.25, 0.3) is 0 Å². The van der Waals surface area contributed by atoms with Gasteiger partial charge in [-0.3, -0.25) is 0 Å². The first-order valence-electron chi connectivity index (χ1n) is 7.35. The molecule has 0 saturated heterocycles. The van der Waals surface area contributed by atoms with Gasteiger partial charge in [0.2, 0.25) is 0 Å². The van der Waals surface area contributed by atoms with Crippen molar-refractivity contribution < 1.29 is 4.39 Å². The standard InChI is InChI=1S/C18H19ClFN/c1-21-18(10-14-6-7-16(20)11-17(14)19)15-8-12-4-2-3-5-13(12)9-15/h2-7,11,15,18,21H,8-10H2,1H3. The Morgan fingerprint density at radius 1 is 1.19 bits per heavy atom. The molecule has 0 heterocycles. The Morgan fingerprint density at radius 3 is 2.43 bits per heavy atom. The molecule has 0 saturated carbocycles. The molecule has 2 aromatic rings. The smallest absolute Gasteiger partial charge is 0.124 e. The molecular weight excluding hydrogens is 285 g/mol. The summed E-state index contributed by atoms with van der Waals surface area (Å²) in [6, 6.07) is 13.7. The van der Waals surface area contributed by atoms with E-state index in [-0.39, 0.29) is 5.82 Å². The maximum absolute atomic E-state index is 13.1. The maximum atomic E-state index is 13.1. The van der Waals surface area contributed by atoms with Crippen LogP contribution in [0.3, 0.4) is 0 Å². The summed E-state index contributed by atoms with van der Waals surface area (Å²) in [5.74, 6) is 0.284. The van der Waals surface area contributed by atoms with Gasteiger partial charge in [-0.25, -0.2) is 4.39 Å². The summed E-state index contributed by atoms with van der Waals surface area (Å²) in [4.78, 5) is 0. The van der Waals surface area contributed by atoms with E-state index in [1.165, 1.54) is 23.3 Å². The lowest BCUT2D eigenvalue weighted by Crippen LogP contribution is -2.36. The first-order valence-corrected chi connectivity index (χ1v) is 7.73. The molecule has 0 fully saturated rings. The van der Waals surface area contributed by atoms with Crippen LogP contribution < -0.4 is 5.32 Å². The van der Waals surface area contributed by atoms with Crippen molar-refractivity contribution >= 4 is 11.6 Å². The third kappa shape index (κ3) is 3.12. The van der Waals surface area contributed by atoms with Gasteiger partial charge in [-0.05, 0) is 61.1 Å². The summed E-state index contributed by atoms with van der Waals surface area (Å²) < 4.78 is 13.1. The Hall–Kier alpha value is -1.38. The van der Waals surface area contributed by atoms with Crippen molar-refractivity contribution in [3.63, 3.8) is 0 Å². The highest BCUT2D eigenvalue weighted by Gasteiger charge is 2.28. The van der Waals surface area contributed by atoms with Crippen molar-refractivity contribution in [3.8, 4) is 0 Å². The molecule has 0 bridgehead atoms. The van der Waals surface area contributed by atoms with Crippen molar-refractivity contribution in [1.82, 2.24) is 5.32 Å². The fourth-order valence-electron chi connectivity index (χ4n) is 3.31. The van der Waals surface area contributed by atoms with E-state index in [0.717, 1.165) is 24.8 Å². The predicted molar refractivity (Wildman–Crippen MR) is 85.3 cm³/mol. The van der Waals surface area contributed by atoms with Crippen LogP contribution in [0.1, 0.15) is 16.7 Å². The SMILES string of the molecule is CNC(Cc1ccc(F)cc1Cl)C1Cc2ccccc2C1. The van der Waals surface area contributed by atoms with Gasteiger partial charge in [-0.1, -0.05) is 41.9 Å². The molecule has 110 valence electrons. The van der Waals surface area contributed by atoms with Crippen LogP contribution in [0.15, 0.2) is 42.5 Å². The van der Waals surface area contributed by atoms with E-state index in [0.29, 0.717) is 17.0 Å². The third-order valence-electron chi connectivity index (χ3n) is 4.48. The average Bonchev–Trinajstić information content (AvgIpc) is 2.90. The first kappa shape index (κ1) is 14.6. The van der Waals surface area contributed by atoms with Crippen molar-refractivity contribution in [2.45, 2.75) is 25.3 Å². The van der Waals surface area contributed by atoms with Gasteiger partial charge in [-0.2, -0.15) is 0 Å². The number of halogens is 2. The average molecular weight is 304 g/mol. The maximum Gasteiger partial charge on any atom is 0.124 e. The van der Waals surface area contributed by atoms with Crippen LogP contribution in [0.2, 0.25) is 5.02 Å². The van der Waals surface area contributed by atoms with E-state index in [4.69, 9.17) is 11.6 Å². The molecule has 1 aliphatic carbocycles. The molecule has 0 aliphatic heterocycles. The van der Waals surface area contributed by atoms with Gasteiger partial charge in [-0.15, -0.1) is 0 Å². The highest BCUT2D eigenvalue weighted by molar-refractivity contribution is 6.31. The molecule has 3 heteroatoms. The second kappa shape index (κ2) is 6.17. The molecule has 3 rings (SSSR count). The quantitative estimate of drug-likeness (QED) is 0.899. The van der Waals surface area contributed by atoms with Gasteiger partial charge < -0.3 is 5.32 Å². The van der Waals surface area contributed by atoms with Crippen molar-refractivity contribution in [2.75, 3.05) is 7.05 Å². The first-order chi connectivity index (χ1) is 10.2. The van der Waals surface area contributed by atoms with Crippen LogP contribution >= 0.6 is 11.6 Å². The summed E-state index contributed by atoms with van der Waals surface area (Å²) in [5, 5.41) is 3.94. The second-order valence-corrected chi connectivity index (χ2v) is 6.18. The predicted octanol–water partition coefficient (Wildman–Crippen LogP) is 4.02. The number of benzene rings is 2. The number of nitrogens with one attached hydrogen (secondary N) is 1. The highest BCUT2D eigenvalue weighted by atomic mass is 35.5. The topological polar surface area (TPSA) is 12.0 Å². The van der Waals surface area contributed by atoms with E-state index in [9.17, 15) is 4.39 Å². The lowest BCUT2D eigenvalue weighted by Gasteiger charge is -2.23. The van der Waals surface area contributed by atoms with Gasteiger partial charge >= 0.3 is 0 Å². The van der Waals surface area contributed by atoms with E-state index >= 15 is 0 Å². The number of hydrogen-bond donors (Lipinski definition) is 1. The van der Waals surface area contributed by atoms with E-state index in [1.807, 2.05) is 7.05 Å². The zero-order valence-corrected chi connectivity index (χ0v) is 12.8. The minimum absolute atomic E-state index is 0.280. The van der Waals surface area contributed by atoms with Gasteiger partial charge in [0.15, 0.2) is 0 Å². The largest absolute Gasteiger partial charge is 0.316 e. The molecule has 1 unspecified atom stereocenters. The number of rotatable bonds is 4. The van der Waals surface area contributed by atoms with Gasteiger partial charge in [0.05, 0.1) is 0 Å². The Labute approximate surface area is 130 Å². The van der Waals surface area contributed by atoms with Crippen molar-refractivity contribution in [2.24, 2.45) is 5.92 Å². The van der Waals surface area contributed by atoms with Crippen LogP contribution in [-0.4, -0.2) is 13.1 Å². The Balaban J connectivity index is 1.75. The lowest BCUT2D eigenvalue weighted by atomic mass is 9.91. The van der Waals surface area contributed by atoms with Gasteiger partial charge in [0, 0.05) is 11.1 Å². The molecular formula is C18H19ClFN. The van der Waals surface area contributed by atoms with Crippen LogP contribution in [0.4, 0.5) is 4.39 Å². The molecule has 0 aromatic heterocycles. The summed E-state index contributed by atoms with van der Waals surface area (Å²) in [6.07, 6.45) is 3.02. The molecule has 21 heavy (non-hydrogen) atoms. The van der Waals surface area contributed by atoms with E-state index in [1.54, 1.807) is 6.07 Å². The molecule has 1 N–H and O–H groups in total. The fraction of sp³-hybridized carbons (Fsp3) is 0.333. The van der Waals surface area contributed by atoms with Crippen molar-refractivity contribution in [3.05, 3.63) is 70.0 Å². The monoisotopic (exact) mass is 303 g/mol. The molecule has 1 aliphatic rings. The molecule has 0 amide bonds. The molecule has 0 radical (unpaired) electrons. The molecule has 1 atom stereocenters.